The topological polar surface area (TPSA) is 44.8 Å². The van der Waals surface area contributed by atoms with Gasteiger partial charge in [-0.05, 0) is 107 Å². The maximum absolute atomic E-state index is 14.2. The number of hydrogen-bond donors (Lipinski definition) is 0. The van der Waals surface area contributed by atoms with E-state index in [1.54, 1.807) is 4.57 Å². The predicted octanol–water partition coefficient (Wildman–Crippen LogP) is 12.2. The summed E-state index contributed by atoms with van der Waals surface area (Å²) in [5, 5.41) is 5.99. The molecule has 0 N–H and O–H groups in total. The van der Waals surface area contributed by atoms with Crippen LogP contribution in [0.5, 0.6) is 0 Å². The van der Waals surface area contributed by atoms with Crippen molar-refractivity contribution >= 4 is 66.7 Å². The fourth-order valence-corrected chi connectivity index (χ4v) is 9.42. The van der Waals surface area contributed by atoms with Crippen molar-refractivity contribution in [1.82, 2.24) is 18.7 Å². The molecule has 11 rings (SSSR count). The lowest BCUT2D eigenvalue weighted by molar-refractivity contribution is 0.661. The Morgan fingerprint density at radius 2 is 1.09 bits per heavy atom. The van der Waals surface area contributed by atoms with E-state index in [0.717, 1.165) is 44.3 Å². The van der Waals surface area contributed by atoms with Crippen LogP contribution in [0, 0.1) is 0 Å². The van der Waals surface area contributed by atoms with Crippen molar-refractivity contribution in [3.05, 3.63) is 191 Å². The van der Waals surface area contributed by atoms with Crippen LogP contribution < -0.4 is 5.56 Å². The second kappa shape index (κ2) is 11.6. The molecule has 0 bridgehead atoms. The Labute approximate surface area is 323 Å². The molecule has 266 valence electrons. The molecule has 0 amide bonds. The zero-order chi connectivity index (χ0) is 37.9. The highest BCUT2D eigenvalue weighted by molar-refractivity contribution is 6.12. The summed E-state index contributed by atoms with van der Waals surface area (Å²) in [5.41, 5.74) is 12.4. The van der Waals surface area contributed by atoms with E-state index in [-0.39, 0.29) is 11.0 Å². The molecule has 4 heterocycles. The lowest BCUT2D eigenvalue weighted by Crippen LogP contribution is -2.20. The Bertz CT molecular complexity index is 3380. The number of hydrogen-bond acceptors (Lipinski definition) is 2. The highest BCUT2D eigenvalue weighted by Crippen LogP contribution is 2.53. The van der Waals surface area contributed by atoms with Crippen molar-refractivity contribution in [1.29, 1.82) is 0 Å². The van der Waals surface area contributed by atoms with Crippen LogP contribution in [-0.4, -0.2) is 18.7 Å². The SMILES string of the molecule is C=Cc1c(C=C)n(-c2ccc3c4ccccc4c(=O)n(-c4ccccc4)c3n2)c2cc3c(cc12)-c1cc2c4ccccc4n(-c4ccccc4)c2cc1C3(C)C. The minimum Gasteiger partial charge on any atom is -0.309 e. The zero-order valence-corrected chi connectivity index (χ0v) is 31.1. The lowest BCUT2D eigenvalue weighted by Gasteiger charge is -2.22. The molecule has 10 aromatic rings. The first kappa shape index (κ1) is 32.2. The van der Waals surface area contributed by atoms with Gasteiger partial charge in [-0.1, -0.05) is 106 Å². The molecule has 1 aliphatic rings. The molecule has 1 aliphatic carbocycles. The van der Waals surface area contributed by atoms with Gasteiger partial charge in [-0.25, -0.2) is 4.98 Å². The normalized spacial score (nSPS) is 13.2. The van der Waals surface area contributed by atoms with Crippen molar-refractivity contribution in [2.75, 3.05) is 0 Å². The van der Waals surface area contributed by atoms with Crippen molar-refractivity contribution < 1.29 is 0 Å². The fraction of sp³-hybridized carbons (Fsp3) is 0.0588. The quantitative estimate of drug-likeness (QED) is 0.166. The van der Waals surface area contributed by atoms with Gasteiger partial charge in [0.05, 0.1) is 27.9 Å². The molecule has 56 heavy (non-hydrogen) atoms. The Morgan fingerprint density at radius 3 is 1.75 bits per heavy atom. The highest BCUT2D eigenvalue weighted by atomic mass is 16.1. The first-order valence-corrected chi connectivity index (χ1v) is 19.0. The average Bonchev–Trinajstić information content (AvgIpc) is 3.81. The summed E-state index contributed by atoms with van der Waals surface area (Å²) in [6.07, 6.45) is 3.81. The summed E-state index contributed by atoms with van der Waals surface area (Å²) in [6.45, 7) is 13.2. The molecule has 4 aromatic heterocycles. The Kier molecular flexibility index (Phi) is 6.69. The monoisotopic (exact) mass is 720 g/mol. The van der Waals surface area contributed by atoms with Gasteiger partial charge >= 0.3 is 0 Å². The largest absolute Gasteiger partial charge is 0.309 e. The lowest BCUT2D eigenvalue weighted by atomic mass is 9.82. The van der Waals surface area contributed by atoms with E-state index in [4.69, 9.17) is 4.98 Å². The third-order valence-electron chi connectivity index (χ3n) is 12.0. The van der Waals surface area contributed by atoms with Gasteiger partial charge in [0.15, 0.2) is 0 Å². The first-order chi connectivity index (χ1) is 27.4. The molecule has 0 spiro atoms. The van der Waals surface area contributed by atoms with Gasteiger partial charge < -0.3 is 4.57 Å². The van der Waals surface area contributed by atoms with Gasteiger partial charge in [0, 0.05) is 43.6 Å². The summed E-state index contributed by atoms with van der Waals surface area (Å²) in [5.74, 6) is 0.701. The number of para-hydroxylation sites is 3. The smallest absolute Gasteiger partial charge is 0.264 e. The van der Waals surface area contributed by atoms with E-state index in [9.17, 15) is 4.79 Å². The minimum absolute atomic E-state index is 0.102. The van der Waals surface area contributed by atoms with Crippen LogP contribution in [0.15, 0.2) is 164 Å². The number of pyridine rings is 2. The molecule has 0 fully saturated rings. The van der Waals surface area contributed by atoms with E-state index in [0.29, 0.717) is 16.9 Å². The summed E-state index contributed by atoms with van der Waals surface area (Å²) >= 11 is 0. The van der Waals surface area contributed by atoms with Gasteiger partial charge in [-0.3, -0.25) is 13.9 Å². The third-order valence-corrected chi connectivity index (χ3v) is 12.0. The fourth-order valence-electron chi connectivity index (χ4n) is 9.42. The minimum atomic E-state index is -0.299. The molecule has 5 nitrogen and oxygen atoms in total. The van der Waals surface area contributed by atoms with Crippen LogP contribution in [0.25, 0.3) is 95.0 Å². The maximum Gasteiger partial charge on any atom is 0.264 e. The van der Waals surface area contributed by atoms with E-state index in [1.165, 1.54) is 44.1 Å². The van der Waals surface area contributed by atoms with Crippen LogP contribution >= 0.6 is 0 Å². The van der Waals surface area contributed by atoms with Gasteiger partial charge in [0.25, 0.3) is 5.56 Å². The van der Waals surface area contributed by atoms with E-state index in [2.05, 4.69) is 127 Å². The second-order valence-corrected chi connectivity index (χ2v) is 15.2. The van der Waals surface area contributed by atoms with E-state index < -0.39 is 0 Å². The molecule has 5 heteroatoms. The molecule has 0 saturated carbocycles. The Hall–Kier alpha value is -7.24. The second-order valence-electron chi connectivity index (χ2n) is 15.2. The highest BCUT2D eigenvalue weighted by Gasteiger charge is 2.38. The zero-order valence-electron chi connectivity index (χ0n) is 31.1. The summed E-state index contributed by atoms with van der Waals surface area (Å²) in [7, 11) is 0. The molecule has 0 atom stereocenters. The summed E-state index contributed by atoms with van der Waals surface area (Å²) in [6, 6.07) is 50.5. The van der Waals surface area contributed by atoms with Crippen molar-refractivity contribution in [3.63, 3.8) is 0 Å². The molecule has 0 aliphatic heterocycles. The maximum atomic E-state index is 14.2. The molecule has 0 unspecified atom stereocenters. The molecule has 0 saturated heterocycles. The van der Waals surface area contributed by atoms with Crippen LogP contribution in [0.2, 0.25) is 0 Å². The molecule has 0 radical (unpaired) electrons. The Balaban J connectivity index is 1.19. The standard InChI is InChI=1S/C51H36N4O/c1-5-33-40-27-38-39-28-41-35-22-15-16-24-45(35)53(31-17-9-7-10-18-31)46(41)29-42(39)51(3,4)43(38)30-47(40)55(44(33)6-2)48-26-25-36-34-21-13-14-23-37(34)50(56)54(49(36)52-48)32-19-11-8-12-20-32/h5-30H,1-2H2,3-4H3. The van der Waals surface area contributed by atoms with Crippen LogP contribution in [0.3, 0.4) is 0 Å². The molecular formula is C51H36N4O. The van der Waals surface area contributed by atoms with Gasteiger partial charge in [0.1, 0.15) is 11.5 Å². The van der Waals surface area contributed by atoms with Crippen LogP contribution in [-0.2, 0) is 5.41 Å². The van der Waals surface area contributed by atoms with Gasteiger partial charge in [-0.15, -0.1) is 0 Å². The number of rotatable bonds is 5. The van der Waals surface area contributed by atoms with E-state index >= 15 is 0 Å². The summed E-state index contributed by atoms with van der Waals surface area (Å²) in [4.78, 5) is 19.6. The number of nitrogens with zero attached hydrogens (tertiary/aromatic N) is 4. The van der Waals surface area contributed by atoms with Crippen LogP contribution in [0.1, 0.15) is 36.2 Å². The van der Waals surface area contributed by atoms with Crippen molar-refractivity contribution in [3.8, 4) is 28.3 Å². The van der Waals surface area contributed by atoms with Gasteiger partial charge in [0.2, 0.25) is 0 Å². The third kappa shape index (κ3) is 4.25. The van der Waals surface area contributed by atoms with Gasteiger partial charge in [-0.2, -0.15) is 0 Å². The molecule has 6 aromatic carbocycles. The van der Waals surface area contributed by atoms with Crippen molar-refractivity contribution in [2.24, 2.45) is 0 Å². The molecular weight excluding hydrogens is 685 g/mol. The van der Waals surface area contributed by atoms with E-state index in [1.807, 2.05) is 66.7 Å². The average molecular weight is 721 g/mol. The first-order valence-electron chi connectivity index (χ1n) is 19.0. The number of fused-ring (bicyclic) bond motifs is 10. The number of aromatic nitrogens is 4. The van der Waals surface area contributed by atoms with Crippen LogP contribution in [0.4, 0.5) is 0 Å². The number of benzene rings is 6. The predicted molar refractivity (Wildman–Crippen MR) is 234 cm³/mol. The summed E-state index contributed by atoms with van der Waals surface area (Å²) < 4.78 is 6.31. The Morgan fingerprint density at radius 1 is 0.518 bits per heavy atom. The van der Waals surface area contributed by atoms with Crippen molar-refractivity contribution in [2.45, 2.75) is 19.3 Å².